The molecule has 0 radical (unpaired) electrons. The number of fused-ring (bicyclic) bond motifs is 1. The Kier molecular flexibility index (Phi) is 6.89. The number of ether oxygens (including phenoxy) is 2. The molecule has 10 nitrogen and oxygen atoms in total. The molecule has 1 unspecified atom stereocenters. The lowest BCUT2D eigenvalue weighted by molar-refractivity contribution is -0.124. The first-order chi connectivity index (χ1) is 18.3. The highest BCUT2D eigenvalue weighted by Gasteiger charge is 2.31. The van der Waals surface area contributed by atoms with Gasteiger partial charge >= 0.3 is 5.69 Å². The van der Waals surface area contributed by atoms with Crippen molar-refractivity contribution in [3.63, 3.8) is 0 Å². The van der Waals surface area contributed by atoms with Crippen LogP contribution in [0.4, 0.5) is 5.82 Å². The number of aromatic nitrogens is 4. The van der Waals surface area contributed by atoms with Gasteiger partial charge < -0.3 is 20.1 Å². The molecule has 3 heterocycles. The van der Waals surface area contributed by atoms with Crippen molar-refractivity contribution in [2.45, 2.75) is 19.4 Å². The Hall–Kier alpha value is -4.20. The fourth-order valence-electron chi connectivity index (χ4n) is 4.51. The van der Waals surface area contributed by atoms with E-state index in [1.54, 1.807) is 52.8 Å². The number of benzene rings is 2. The Morgan fingerprint density at radius 1 is 1.13 bits per heavy atom. The van der Waals surface area contributed by atoms with Crippen LogP contribution in [-0.2, 0) is 4.79 Å². The maximum atomic E-state index is 13.8. The number of imidazole rings is 1. The van der Waals surface area contributed by atoms with Gasteiger partial charge in [0.25, 0.3) is 5.91 Å². The summed E-state index contributed by atoms with van der Waals surface area (Å²) < 4.78 is 14.5. The minimum Gasteiger partial charge on any atom is -0.493 e. The first-order valence-electron chi connectivity index (χ1n) is 11.6. The molecule has 1 amide bonds. The largest absolute Gasteiger partial charge is 0.493 e. The van der Waals surface area contributed by atoms with Gasteiger partial charge in [-0.05, 0) is 43.5 Å². The molecule has 2 N–H and O–H groups in total. The molecule has 1 aliphatic rings. The Morgan fingerprint density at radius 3 is 2.68 bits per heavy atom. The van der Waals surface area contributed by atoms with E-state index in [4.69, 9.17) is 38.4 Å². The van der Waals surface area contributed by atoms with Crippen molar-refractivity contribution in [1.29, 1.82) is 0 Å². The van der Waals surface area contributed by atoms with E-state index in [1.165, 1.54) is 18.0 Å². The maximum Gasteiger partial charge on any atom is 0.335 e. The molecular formula is C26H22Cl2N6O4. The lowest BCUT2D eigenvalue weighted by atomic mass is 10.2. The lowest BCUT2D eigenvalue weighted by Crippen LogP contribution is -2.31. The summed E-state index contributed by atoms with van der Waals surface area (Å²) in [4.78, 5) is 36.2. The van der Waals surface area contributed by atoms with Crippen molar-refractivity contribution in [3.8, 4) is 34.8 Å². The molecule has 5 rings (SSSR count). The van der Waals surface area contributed by atoms with Crippen molar-refractivity contribution in [1.82, 2.24) is 24.0 Å². The molecule has 194 valence electrons. The second kappa shape index (κ2) is 10.3. The van der Waals surface area contributed by atoms with E-state index in [0.29, 0.717) is 63.7 Å². The van der Waals surface area contributed by atoms with Crippen LogP contribution in [0.15, 0.2) is 47.5 Å². The van der Waals surface area contributed by atoms with Crippen LogP contribution in [0, 0.1) is 11.8 Å². The standard InChI is InChI=1S/C26H22Cl2N6O4/c1-3-4-22(35)32-10-9-16(13-32)34-25-23(24(29)30-14-31-25)33(26(34)36)15-5-8-20(21(11-15)37-2)38-17-6-7-18(27)19(28)12-17/h5-8,11-12,14,16H,9-10,13H2,1-2H3,(H2,29,30,31). The topological polar surface area (TPSA) is 118 Å². The van der Waals surface area contributed by atoms with Crippen LogP contribution >= 0.6 is 23.2 Å². The van der Waals surface area contributed by atoms with Gasteiger partial charge in [-0.1, -0.05) is 29.1 Å². The molecule has 0 saturated carbocycles. The van der Waals surface area contributed by atoms with E-state index < -0.39 is 0 Å². The van der Waals surface area contributed by atoms with Crippen LogP contribution in [0.1, 0.15) is 19.4 Å². The van der Waals surface area contributed by atoms with Crippen LogP contribution in [-0.4, -0.2) is 50.1 Å². The van der Waals surface area contributed by atoms with E-state index in [1.807, 2.05) is 0 Å². The highest BCUT2D eigenvalue weighted by Crippen LogP contribution is 2.36. The van der Waals surface area contributed by atoms with Gasteiger partial charge in [0.05, 0.1) is 28.9 Å². The minimum atomic E-state index is -0.367. The number of rotatable bonds is 5. The Morgan fingerprint density at radius 2 is 1.95 bits per heavy atom. The molecule has 0 aliphatic carbocycles. The molecule has 2 aromatic heterocycles. The minimum absolute atomic E-state index is 0.142. The number of anilines is 1. The Labute approximate surface area is 227 Å². The predicted octanol–water partition coefficient (Wildman–Crippen LogP) is 4.07. The van der Waals surface area contributed by atoms with E-state index in [-0.39, 0.29) is 23.5 Å². The molecule has 1 aliphatic heterocycles. The lowest BCUT2D eigenvalue weighted by Gasteiger charge is -2.14. The van der Waals surface area contributed by atoms with E-state index in [9.17, 15) is 9.59 Å². The summed E-state index contributed by atoms with van der Waals surface area (Å²) in [5, 5.41) is 0.758. The van der Waals surface area contributed by atoms with Crippen molar-refractivity contribution < 1.29 is 14.3 Å². The highest BCUT2D eigenvalue weighted by atomic mass is 35.5. The van der Waals surface area contributed by atoms with Crippen molar-refractivity contribution >= 4 is 46.1 Å². The second-order valence-electron chi connectivity index (χ2n) is 8.50. The first-order valence-corrected chi connectivity index (χ1v) is 12.3. The smallest absolute Gasteiger partial charge is 0.335 e. The first kappa shape index (κ1) is 25.4. The zero-order valence-electron chi connectivity index (χ0n) is 20.4. The van der Waals surface area contributed by atoms with Gasteiger partial charge in [0, 0.05) is 25.2 Å². The monoisotopic (exact) mass is 552 g/mol. The number of hydrogen-bond acceptors (Lipinski definition) is 7. The fourth-order valence-corrected chi connectivity index (χ4v) is 4.79. The fraction of sp³-hybridized carbons (Fsp3) is 0.231. The highest BCUT2D eigenvalue weighted by molar-refractivity contribution is 6.42. The third kappa shape index (κ3) is 4.51. The van der Waals surface area contributed by atoms with Gasteiger partial charge in [-0.25, -0.2) is 14.8 Å². The number of likely N-dealkylation sites (tertiary alicyclic amines) is 1. The number of nitrogens with zero attached hydrogens (tertiary/aromatic N) is 5. The van der Waals surface area contributed by atoms with E-state index in [0.717, 1.165) is 0 Å². The molecule has 2 aromatic carbocycles. The molecule has 0 bridgehead atoms. The van der Waals surface area contributed by atoms with Gasteiger partial charge in [-0.3, -0.25) is 13.9 Å². The molecular weight excluding hydrogens is 531 g/mol. The average Bonchev–Trinajstić information content (AvgIpc) is 3.49. The third-order valence-corrected chi connectivity index (χ3v) is 6.99. The van der Waals surface area contributed by atoms with Gasteiger partial charge in [0.1, 0.15) is 17.6 Å². The van der Waals surface area contributed by atoms with Gasteiger partial charge in [0.2, 0.25) is 0 Å². The Bertz CT molecular complexity index is 1690. The number of carbonyl (C=O) groups is 1. The van der Waals surface area contributed by atoms with Crippen molar-refractivity contribution in [2.24, 2.45) is 0 Å². The molecule has 4 aromatic rings. The normalized spacial score (nSPS) is 14.8. The summed E-state index contributed by atoms with van der Waals surface area (Å²) in [6.07, 6.45) is 1.88. The quantitative estimate of drug-likeness (QED) is 0.371. The number of amides is 1. The SMILES string of the molecule is CC#CC(=O)N1CCC(n2c(=O)n(-c3ccc(Oc4ccc(Cl)c(Cl)c4)c(OC)c3)c3c(N)ncnc32)C1. The molecule has 1 atom stereocenters. The molecule has 12 heteroatoms. The number of nitrogen functional groups attached to an aromatic ring is 1. The summed E-state index contributed by atoms with van der Waals surface area (Å²) in [5.41, 5.74) is 7.07. The predicted molar refractivity (Wildman–Crippen MR) is 144 cm³/mol. The summed E-state index contributed by atoms with van der Waals surface area (Å²) in [6, 6.07) is 9.63. The Balaban J connectivity index is 1.57. The van der Waals surface area contributed by atoms with Crippen molar-refractivity contribution in [3.05, 3.63) is 63.3 Å². The summed E-state index contributed by atoms with van der Waals surface area (Å²) in [7, 11) is 1.49. The number of hydrogen-bond donors (Lipinski definition) is 1. The second-order valence-corrected chi connectivity index (χ2v) is 9.32. The number of carbonyl (C=O) groups excluding carboxylic acids is 1. The van der Waals surface area contributed by atoms with Gasteiger partial charge in [-0.2, -0.15) is 0 Å². The van der Waals surface area contributed by atoms with E-state index in [2.05, 4.69) is 21.8 Å². The number of halogens is 2. The average molecular weight is 553 g/mol. The molecule has 1 saturated heterocycles. The van der Waals surface area contributed by atoms with Crippen LogP contribution in [0.2, 0.25) is 10.0 Å². The van der Waals surface area contributed by atoms with Crippen LogP contribution in [0.5, 0.6) is 17.2 Å². The zero-order chi connectivity index (χ0) is 27.0. The summed E-state index contributed by atoms with van der Waals surface area (Å²) in [6.45, 7) is 2.42. The van der Waals surface area contributed by atoms with Crippen LogP contribution < -0.4 is 20.9 Å². The summed E-state index contributed by atoms with van der Waals surface area (Å²) >= 11 is 12.1. The van der Waals surface area contributed by atoms with Crippen LogP contribution in [0.25, 0.3) is 16.9 Å². The third-order valence-electron chi connectivity index (χ3n) is 6.25. The maximum absolute atomic E-state index is 13.8. The van der Waals surface area contributed by atoms with Gasteiger partial charge in [-0.15, -0.1) is 0 Å². The van der Waals surface area contributed by atoms with Crippen molar-refractivity contribution in [2.75, 3.05) is 25.9 Å². The molecule has 1 fully saturated rings. The number of methoxy groups -OCH3 is 1. The number of nitrogens with two attached hydrogens (primary N) is 1. The zero-order valence-corrected chi connectivity index (χ0v) is 22.0. The molecule has 0 spiro atoms. The van der Waals surface area contributed by atoms with E-state index >= 15 is 0 Å². The summed E-state index contributed by atoms with van der Waals surface area (Å²) in [5.74, 6) is 6.27. The van der Waals surface area contributed by atoms with Gasteiger partial charge in [0.15, 0.2) is 23.0 Å². The van der Waals surface area contributed by atoms with Crippen LogP contribution in [0.3, 0.4) is 0 Å². The molecule has 38 heavy (non-hydrogen) atoms.